The number of amides is 1. The predicted octanol–water partition coefficient (Wildman–Crippen LogP) is 2.50. The zero-order chi connectivity index (χ0) is 27.3. The van der Waals surface area contributed by atoms with Crippen molar-refractivity contribution in [2.24, 2.45) is 16.0 Å². The average molecular weight is 555 g/mol. The number of amidine groups is 1. The van der Waals surface area contributed by atoms with Gasteiger partial charge in [-0.25, -0.2) is 4.68 Å². The molecule has 7 N–H and O–H groups in total. The number of nitrogens with one attached hydrogen (secondary N) is 2. The SMILES string of the molecule is NC1CCN(C(=O)COc2ccc3c(c2)S(O)(O)N=C(c2c(O)c4ccccc4n(NCC4CC4)c2=O)N3)C1. The normalized spacial score (nSPS) is 20.6. The fourth-order valence-corrected chi connectivity index (χ4v) is 6.02. The first-order valence-corrected chi connectivity index (χ1v) is 14.3. The molecule has 1 amide bonds. The zero-order valence-corrected chi connectivity index (χ0v) is 21.9. The Bertz CT molecular complexity index is 1550. The van der Waals surface area contributed by atoms with E-state index in [9.17, 15) is 23.8 Å². The molecule has 12 nitrogen and oxygen atoms in total. The van der Waals surface area contributed by atoms with E-state index in [-0.39, 0.29) is 52.0 Å². The van der Waals surface area contributed by atoms with Crippen molar-refractivity contribution in [2.45, 2.75) is 30.2 Å². The van der Waals surface area contributed by atoms with Gasteiger partial charge in [-0.2, -0.15) is 0 Å². The van der Waals surface area contributed by atoms with Crippen LogP contribution in [0.15, 0.2) is 56.6 Å². The molecule has 1 saturated carbocycles. The van der Waals surface area contributed by atoms with Crippen LogP contribution in [-0.4, -0.2) is 67.8 Å². The van der Waals surface area contributed by atoms with Gasteiger partial charge in [0, 0.05) is 37.1 Å². The summed E-state index contributed by atoms with van der Waals surface area (Å²) in [4.78, 5) is 27.7. The van der Waals surface area contributed by atoms with Gasteiger partial charge in [0.25, 0.3) is 11.5 Å². The molecule has 2 fully saturated rings. The van der Waals surface area contributed by atoms with Crippen LogP contribution in [0.1, 0.15) is 24.8 Å². The monoisotopic (exact) mass is 554 g/mol. The van der Waals surface area contributed by atoms with Gasteiger partial charge in [0.2, 0.25) is 0 Å². The lowest BCUT2D eigenvalue weighted by Gasteiger charge is -2.34. The lowest BCUT2D eigenvalue weighted by atomic mass is 10.1. The van der Waals surface area contributed by atoms with Gasteiger partial charge in [0.05, 0.1) is 11.2 Å². The predicted molar refractivity (Wildman–Crippen MR) is 149 cm³/mol. The summed E-state index contributed by atoms with van der Waals surface area (Å²) in [5, 5.41) is 14.5. The van der Waals surface area contributed by atoms with Gasteiger partial charge in [-0.1, -0.05) is 22.9 Å². The van der Waals surface area contributed by atoms with Crippen LogP contribution in [-0.2, 0) is 4.79 Å². The van der Waals surface area contributed by atoms with Crippen molar-refractivity contribution in [1.82, 2.24) is 9.58 Å². The van der Waals surface area contributed by atoms with Crippen LogP contribution < -0.4 is 26.8 Å². The third-order valence-corrected chi connectivity index (χ3v) is 8.55. The summed E-state index contributed by atoms with van der Waals surface area (Å²) in [6, 6.07) is 11.4. The van der Waals surface area contributed by atoms with E-state index in [1.165, 1.54) is 10.7 Å². The molecular weight excluding hydrogens is 524 g/mol. The van der Waals surface area contributed by atoms with E-state index in [0.717, 1.165) is 19.3 Å². The summed E-state index contributed by atoms with van der Waals surface area (Å²) in [5.41, 5.74) is 9.05. The number of anilines is 1. The second-order valence-corrected chi connectivity index (χ2v) is 11.8. The minimum Gasteiger partial charge on any atom is -0.506 e. The van der Waals surface area contributed by atoms with Crippen molar-refractivity contribution in [1.29, 1.82) is 0 Å². The van der Waals surface area contributed by atoms with Crippen LogP contribution in [0.25, 0.3) is 10.9 Å². The number of nitrogens with zero attached hydrogens (tertiary/aromatic N) is 3. The second kappa shape index (κ2) is 9.75. The van der Waals surface area contributed by atoms with Crippen LogP contribution in [0, 0.1) is 5.92 Å². The minimum atomic E-state index is -3.78. The van der Waals surface area contributed by atoms with Gasteiger partial charge in [0.15, 0.2) is 12.4 Å². The number of pyridine rings is 1. The highest BCUT2D eigenvalue weighted by Crippen LogP contribution is 2.56. The molecule has 0 spiro atoms. The summed E-state index contributed by atoms with van der Waals surface area (Å²) >= 11 is 0. The molecule has 206 valence electrons. The lowest BCUT2D eigenvalue weighted by molar-refractivity contribution is -0.132. The number of fused-ring (bicyclic) bond motifs is 2. The number of carbonyl (C=O) groups excluding carboxylic acids is 1. The molecule has 1 atom stereocenters. The minimum absolute atomic E-state index is 0.0380. The second-order valence-electron chi connectivity index (χ2n) is 10.1. The van der Waals surface area contributed by atoms with E-state index in [2.05, 4.69) is 15.1 Å². The molecule has 39 heavy (non-hydrogen) atoms. The highest BCUT2D eigenvalue weighted by molar-refractivity contribution is 8.23. The van der Waals surface area contributed by atoms with Crippen molar-refractivity contribution < 1.29 is 23.7 Å². The Morgan fingerprint density at radius 1 is 1.21 bits per heavy atom. The van der Waals surface area contributed by atoms with Crippen LogP contribution in [0.4, 0.5) is 5.69 Å². The van der Waals surface area contributed by atoms with E-state index >= 15 is 0 Å². The van der Waals surface area contributed by atoms with Gasteiger partial charge in [-0.3, -0.25) is 18.7 Å². The Morgan fingerprint density at radius 2 is 2.00 bits per heavy atom. The summed E-state index contributed by atoms with van der Waals surface area (Å²) < 4.78 is 33.0. The van der Waals surface area contributed by atoms with E-state index in [0.29, 0.717) is 36.5 Å². The Labute approximate surface area is 225 Å². The number of hydrogen-bond acceptors (Lipinski definition) is 10. The Morgan fingerprint density at radius 3 is 2.74 bits per heavy atom. The van der Waals surface area contributed by atoms with Crippen LogP contribution in [0.2, 0.25) is 0 Å². The largest absolute Gasteiger partial charge is 0.506 e. The van der Waals surface area contributed by atoms with E-state index in [1.807, 2.05) is 0 Å². The van der Waals surface area contributed by atoms with Crippen molar-refractivity contribution in [3.8, 4) is 11.5 Å². The number of aromatic hydroxyl groups is 1. The number of hydrogen-bond donors (Lipinski definition) is 6. The average Bonchev–Trinajstić information content (AvgIpc) is 3.64. The topological polar surface area (TPSA) is 175 Å². The number of likely N-dealkylation sites (tertiary alicyclic amines) is 1. The maximum absolute atomic E-state index is 13.6. The van der Waals surface area contributed by atoms with Gasteiger partial charge in [-0.15, -0.1) is 4.40 Å². The summed E-state index contributed by atoms with van der Waals surface area (Å²) in [5.74, 6) is 0.0591. The summed E-state index contributed by atoms with van der Waals surface area (Å²) in [6.07, 6.45) is 2.91. The number of para-hydroxylation sites is 1. The first-order chi connectivity index (χ1) is 18.7. The summed E-state index contributed by atoms with van der Waals surface area (Å²) in [7, 11) is -3.78. The number of nitrogens with two attached hydrogens (primary N) is 1. The molecular formula is C26H30N6O6S. The molecule has 3 aliphatic rings. The smallest absolute Gasteiger partial charge is 0.284 e. The molecule has 2 aliphatic heterocycles. The molecule has 0 bridgehead atoms. The van der Waals surface area contributed by atoms with E-state index in [1.54, 1.807) is 41.3 Å². The molecule has 3 heterocycles. The summed E-state index contributed by atoms with van der Waals surface area (Å²) in [6.45, 7) is 1.44. The first kappa shape index (κ1) is 25.5. The van der Waals surface area contributed by atoms with Gasteiger partial charge in [-0.05, 0) is 49.4 Å². The fourth-order valence-electron chi connectivity index (χ4n) is 4.85. The number of rotatable bonds is 7. The van der Waals surface area contributed by atoms with E-state index in [4.69, 9.17) is 10.5 Å². The molecule has 13 heteroatoms. The maximum Gasteiger partial charge on any atom is 0.284 e. The molecule has 2 aromatic carbocycles. The molecule has 6 rings (SSSR count). The fraction of sp³-hybridized carbons (Fsp3) is 0.346. The highest BCUT2D eigenvalue weighted by atomic mass is 32.3. The van der Waals surface area contributed by atoms with Crippen molar-refractivity contribution in [3.63, 3.8) is 0 Å². The number of ether oxygens (including phenoxy) is 1. The Balaban J connectivity index is 1.30. The van der Waals surface area contributed by atoms with E-state index < -0.39 is 16.3 Å². The van der Waals surface area contributed by atoms with Crippen LogP contribution in [0.5, 0.6) is 11.5 Å². The standard InChI is InChI=1S/C26H30N6O6S/c27-16-9-10-31(13-16)22(33)14-38-17-7-8-19-21(11-17)39(36,37)30-25(29-19)23-24(34)18-3-1-2-4-20(18)32(26(23)35)28-12-15-5-6-15/h1-4,7-8,11,15-16,28,34,36-37H,5-6,9-10,12-14,27H2,(H,29,30). The van der Waals surface area contributed by atoms with Crippen LogP contribution in [0.3, 0.4) is 0 Å². The van der Waals surface area contributed by atoms with Crippen molar-refractivity contribution in [3.05, 3.63) is 58.4 Å². The Kier molecular flexibility index (Phi) is 6.38. The molecule has 0 radical (unpaired) electrons. The molecule has 1 aromatic heterocycles. The Hall–Kier alpha value is -3.78. The molecule has 1 saturated heterocycles. The lowest BCUT2D eigenvalue weighted by Crippen LogP contribution is -2.36. The molecule has 1 aliphatic carbocycles. The van der Waals surface area contributed by atoms with Crippen molar-refractivity contribution in [2.75, 3.05) is 37.0 Å². The maximum atomic E-state index is 13.6. The zero-order valence-electron chi connectivity index (χ0n) is 21.0. The number of aromatic nitrogens is 1. The van der Waals surface area contributed by atoms with Gasteiger partial charge >= 0.3 is 0 Å². The third-order valence-electron chi connectivity index (χ3n) is 7.19. The van der Waals surface area contributed by atoms with Gasteiger partial charge in [0.1, 0.15) is 22.0 Å². The van der Waals surface area contributed by atoms with Gasteiger partial charge < -0.3 is 31.2 Å². The first-order valence-electron chi connectivity index (χ1n) is 12.8. The van der Waals surface area contributed by atoms with Crippen molar-refractivity contribution >= 4 is 39.1 Å². The highest BCUT2D eigenvalue weighted by Gasteiger charge is 2.32. The van der Waals surface area contributed by atoms with Crippen LogP contribution >= 0.6 is 10.8 Å². The quantitative estimate of drug-likeness (QED) is 0.256. The number of benzene rings is 2. The third kappa shape index (κ3) is 4.89. The number of carbonyl (C=O) groups is 1. The molecule has 1 unspecified atom stereocenters. The molecule has 3 aromatic rings.